The van der Waals surface area contributed by atoms with E-state index in [9.17, 15) is 0 Å². The second kappa shape index (κ2) is 6.02. The standard InChI is InChI=1S/C2H7O2Si.CH3O.Sn/c1-3-5-4-2;1-2;/h5H,1-2H3;1H3;/q;-1;+1. The second-order valence-corrected chi connectivity index (χ2v) is 10.2. The monoisotopic (exact) mass is 242 g/mol. The Morgan fingerprint density at radius 2 is 1.62 bits per heavy atom. The van der Waals surface area contributed by atoms with E-state index in [2.05, 4.69) is 0 Å². The Balaban J connectivity index is 3.07. The zero-order valence-electron chi connectivity index (χ0n) is 5.30. The van der Waals surface area contributed by atoms with Crippen molar-refractivity contribution in [2.45, 2.75) is 0 Å². The van der Waals surface area contributed by atoms with Crippen molar-refractivity contribution in [2.75, 3.05) is 21.3 Å². The van der Waals surface area contributed by atoms with Gasteiger partial charge < -0.3 is 0 Å². The molecule has 0 aliphatic heterocycles. The molecule has 0 saturated heterocycles. The van der Waals surface area contributed by atoms with Crippen molar-refractivity contribution in [3.8, 4) is 0 Å². The van der Waals surface area contributed by atoms with Crippen LogP contribution in [0.5, 0.6) is 0 Å². The fourth-order valence-electron chi connectivity index (χ4n) is 0.289. The molecule has 0 saturated carbocycles. The van der Waals surface area contributed by atoms with Crippen molar-refractivity contribution in [2.24, 2.45) is 0 Å². The molecular formula is C3H10O3SiSn. The molecule has 0 spiro atoms. The number of rotatable bonds is 4. The van der Waals surface area contributed by atoms with Crippen molar-refractivity contribution in [1.29, 1.82) is 0 Å². The molecule has 0 fully saturated rings. The summed E-state index contributed by atoms with van der Waals surface area (Å²) in [5, 5.41) is 0. The minimum absolute atomic E-state index is 0.714. The molecule has 0 N–H and O–H groups in total. The Bertz CT molecular complexity index is 49.8. The van der Waals surface area contributed by atoms with Crippen LogP contribution < -0.4 is 0 Å². The van der Waals surface area contributed by atoms with Gasteiger partial charge in [-0.3, -0.25) is 0 Å². The zero-order valence-corrected chi connectivity index (χ0v) is 9.31. The predicted octanol–water partition coefficient (Wildman–Crippen LogP) is -0.738. The van der Waals surface area contributed by atoms with Crippen molar-refractivity contribution >= 4 is 27.6 Å². The summed E-state index contributed by atoms with van der Waals surface area (Å²) in [6.07, 6.45) is 0. The van der Waals surface area contributed by atoms with Gasteiger partial charge in [0, 0.05) is 0 Å². The molecule has 0 aliphatic carbocycles. The van der Waals surface area contributed by atoms with Crippen LogP contribution in [0.25, 0.3) is 0 Å². The van der Waals surface area contributed by atoms with Gasteiger partial charge in [0.25, 0.3) is 0 Å². The van der Waals surface area contributed by atoms with Crippen LogP contribution in [0.4, 0.5) is 0 Å². The third-order valence-electron chi connectivity index (χ3n) is 0.642. The molecule has 2 radical (unpaired) electrons. The van der Waals surface area contributed by atoms with Gasteiger partial charge in [0.1, 0.15) is 0 Å². The van der Waals surface area contributed by atoms with Gasteiger partial charge in [-0.05, 0) is 0 Å². The quantitative estimate of drug-likeness (QED) is 0.607. The van der Waals surface area contributed by atoms with E-state index in [4.69, 9.17) is 11.9 Å². The summed E-state index contributed by atoms with van der Waals surface area (Å²) in [5.41, 5.74) is 0. The van der Waals surface area contributed by atoms with Gasteiger partial charge in [-0.2, -0.15) is 0 Å². The van der Waals surface area contributed by atoms with Crippen LogP contribution in [0.2, 0.25) is 0 Å². The summed E-state index contributed by atoms with van der Waals surface area (Å²) in [6, 6.07) is 0. The van der Waals surface area contributed by atoms with Crippen molar-refractivity contribution in [3.05, 3.63) is 0 Å². The van der Waals surface area contributed by atoms with Crippen LogP contribution in [0, 0.1) is 0 Å². The molecule has 3 nitrogen and oxygen atoms in total. The van der Waals surface area contributed by atoms with Gasteiger partial charge in [-0.25, -0.2) is 0 Å². The third kappa shape index (κ3) is 3.84. The molecular weight excluding hydrogens is 231 g/mol. The van der Waals surface area contributed by atoms with E-state index < -0.39 is 27.6 Å². The molecule has 0 aromatic rings. The van der Waals surface area contributed by atoms with Gasteiger partial charge >= 0.3 is 60.8 Å². The normalized spacial score (nSPS) is 10.5. The summed E-state index contributed by atoms with van der Waals surface area (Å²) in [4.78, 5) is 0. The van der Waals surface area contributed by atoms with Gasteiger partial charge in [-0.15, -0.1) is 0 Å². The molecule has 5 heteroatoms. The first-order valence-corrected chi connectivity index (χ1v) is 9.82. The molecule has 0 unspecified atom stereocenters. The van der Waals surface area contributed by atoms with Crippen LogP contribution in [0.15, 0.2) is 0 Å². The van der Waals surface area contributed by atoms with Crippen molar-refractivity contribution in [1.82, 2.24) is 0 Å². The SMILES string of the molecule is C[O][Sn][SiH](OC)OC. The zero-order chi connectivity index (χ0) is 6.41. The van der Waals surface area contributed by atoms with Crippen LogP contribution in [-0.4, -0.2) is 48.9 Å². The molecule has 8 heavy (non-hydrogen) atoms. The van der Waals surface area contributed by atoms with Crippen LogP contribution in [-0.2, 0) is 11.9 Å². The van der Waals surface area contributed by atoms with Gasteiger partial charge in [-0.1, -0.05) is 0 Å². The summed E-state index contributed by atoms with van der Waals surface area (Å²) >= 11 is -0.714. The summed E-state index contributed by atoms with van der Waals surface area (Å²) in [7, 11) is 5.07. The van der Waals surface area contributed by atoms with Gasteiger partial charge in [0.2, 0.25) is 0 Å². The van der Waals surface area contributed by atoms with E-state index in [0.29, 0.717) is 0 Å². The molecule has 0 atom stereocenters. The first-order chi connectivity index (χ1) is 3.85. The number of hydrogen-bond donors (Lipinski definition) is 0. The first-order valence-electron chi connectivity index (χ1n) is 2.19. The summed E-state index contributed by atoms with van der Waals surface area (Å²) < 4.78 is 15.0. The van der Waals surface area contributed by atoms with E-state index >= 15 is 0 Å². The Hall–Kier alpha value is 0.896. The van der Waals surface area contributed by atoms with E-state index in [0.717, 1.165) is 0 Å². The fraction of sp³-hybridized carbons (Fsp3) is 1.00. The van der Waals surface area contributed by atoms with E-state index in [1.54, 1.807) is 21.3 Å². The van der Waals surface area contributed by atoms with Gasteiger partial charge in [0.15, 0.2) is 0 Å². The fourth-order valence-corrected chi connectivity index (χ4v) is 4.16. The Morgan fingerprint density at radius 1 is 1.12 bits per heavy atom. The molecule has 0 bridgehead atoms. The first kappa shape index (κ1) is 8.90. The van der Waals surface area contributed by atoms with Crippen LogP contribution in [0.3, 0.4) is 0 Å². The molecule has 0 aliphatic rings. The average Bonchev–Trinajstić information content (AvgIpc) is 1.83. The number of hydrogen-bond acceptors (Lipinski definition) is 3. The van der Waals surface area contributed by atoms with Crippen molar-refractivity contribution < 1.29 is 11.9 Å². The summed E-state index contributed by atoms with van der Waals surface area (Å²) in [5.74, 6) is 0. The van der Waals surface area contributed by atoms with E-state index in [-0.39, 0.29) is 0 Å². The molecule has 0 aromatic heterocycles. The van der Waals surface area contributed by atoms with E-state index in [1.165, 1.54) is 0 Å². The summed E-state index contributed by atoms with van der Waals surface area (Å²) in [6.45, 7) is -1.24. The molecule has 0 amide bonds. The van der Waals surface area contributed by atoms with Crippen molar-refractivity contribution in [3.63, 3.8) is 0 Å². The molecule has 48 valence electrons. The maximum absolute atomic E-state index is 5.01. The maximum atomic E-state index is 5.01. The topological polar surface area (TPSA) is 27.7 Å². The Kier molecular flexibility index (Phi) is 6.70. The Labute approximate surface area is 61.0 Å². The molecule has 0 aromatic carbocycles. The Morgan fingerprint density at radius 3 is 1.75 bits per heavy atom. The molecule has 0 rings (SSSR count). The molecule has 0 heterocycles. The van der Waals surface area contributed by atoms with Crippen LogP contribution >= 0.6 is 0 Å². The minimum atomic E-state index is -1.24. The predicted molar refractivity (Wildman–Crippen MR) is 33.9 cm³/mol. The van der Waals surface area contributed by atoms with Crippen LogP contribution in [0.1, 0.15) is 0 Å². The van der Waals surface area contributed by atoms with Gasteiger partial charge in [0.05, 0.1) is 0 Å². The second-order valence-electron chi connectivity index (χ2n) is 1.13. The van der Waals surface area contributed by atoms with E-state index in [1.807, 2.05) is 0 Å². The average molecular weight is 241 g/mol. The third-order valence-corrected chi connectivity index (χ3v) is 9.63.